The summed E-state index contributed by atoms with van der Waals surface area (Å²) < 4.78 is 14.8. The van der Waals surface area contributed by atoms with Gasteiger partial charge in [-0.15, -0.1) is 0 Å². The Morgan fingerprint density at radius 1 is 0.800 bits per heavy atom. The zero-order chi connectivity index (χ0) is 19.2. The van der Waals surface area contributed by atoms with Crippen LogP contribution >= 0.6 is 0 Å². The molecular formula is C18H30O7. The molecule has 0 heterocycles. The number of unbranched alkanes of at least 4 members (excludes halogenated alkanes) is 3. The highest BCUT2D eigenvalue weighted by molar-refractivity contribution is 5.83. The summed E-state index contributed by atoms with van der Waals surface area (Å²) in [6.45, 7) is 6.61. The molecule has 0 saturated heterocycles. The smallest absolute Gasteiger partial charge is 0.347 e. The number of ether oxygens (including phenoxy) is 3. The summed E-state index contributed by atoms with van der Waals surface area (Å²) in [6, 6.07) is 0. The molecular weight excluding hydrogens is 328 g/mol. The van der Waals surface area contributed by atoms with Crippen LogP contribution in [0.3, 0.4) is 0 Å². The molecule has 0 aliphatic carbocycles. The zero-order valence-corrected chi connectivity index (χ0v) is 15.7. The van der Waals surface area contributed by atoms with Gasteiger partial charge in [-0.1, -0.05) is 19.8 Å². The molecule has 7 nitrogen and oxygen atoms in total. The summed E-state index contributed by atoms with van der Waals surface area (Å²) in [6.07, 6.45) is 2.38. The van der Waals surface area contributed by atoms with Crippen molar-refractivity contribution in [1.29, 1.82) is 0 Å². The van der Waals surface area contributed by atoms with Gasteiger partial charge in [-0.3, -0.25) is 14.4 Å². The van der Waals surface area contributed by atoms with Gasteiger partial charge in [0.2, 0.25) is 0 Å². The van der Waals surface area contributed by atoms with Gasteiger partial charge in [0.25, 0.3) is 0 Å². The lowest BCUT2D eigenvalue weighted by molar-refractivity contribution is -0.166. The van der Waals surface area contributed by atoms with Crippen molar-refractivity contribution in [2.24, 2.45) is 0 Å². The van der Waals surface area contributed by atoms with Gasteiger partial charge in [0, 0.05) is 12.8 Å². The number of hydrogen-bond acceptors (Lipinski definition) is 7. The van der Waals surface area contributed by atoms with Gasteiger partial charge in [-0.2, -0.15) is 0 Å². The molecule has 0 saturated carbocycles. The van der Waals surface area contributed by atoms with Crippen molar-refractivity contribution in [3.8, 4) is 0 Å². The van der Waals surface area contributed by atoms with Gasteiger partial charge in [0.15, 0.2) is 18.0 Å². The van der Waals surface area contributed by atoms with Gasteiger partial charge in [0.1, 0.15) is 0 Å². The fourth-order valence-corrected chi connectivity index (χ4v) is 1.86. The zero-order valence-electron chi connectivity index (χ0n) is 15.7. The van der Waals surface area contributed by atoms with E-state index in [2.05, 4.69) is 0 Å². The van der Waals surface area contributed by atoms with E-state index in [1.54, 1.807) is 6.92 Å². The highest BCUT2D eigenvalue weighted by atomic mass is 16.6. The second kappa shape index (κ2) is 13.4. The number of Topliss-reactive ketones (excluding diaryl/α,β-unsaturated/α-hetero) is 1. The normalized spacial score (nSPS) is 12.8. The lowest BCUT2D eigenvalue weighted by Crippen LogP contribution is -2.26. The molecule has 0 aliphatic heterocycles. The van der Waals surface area contributed by atoms with Crippen molar-refractivity contribution < 1.29 is 33.4 Å². The standard InChI is InChI=1S/C18H30O7/c1-5-12-23-18(22)15(4)25-17(21)11-9-7-6-8-10-16(20)24-14(3)13(2)19/h14-15H,5-12H2,1-4H3. The Morgan fingerprint density at radius 2 is 1.28 bits per heavy atom. The Balaban J connectivity index is 3.71. The monoisotopic (exact) mass is 358 g/mol. The maximum absolute atomic E-state index is 11.6. The van der Waals surface area contributed by atoms with Crippen LogP contribution in [0.4, 0.5) is 0 Å². The molecule has 0 radical (unpaired) electrons. The van der Waals surface area contributed by atoms with Crippen molar-refractivity contribution in [2.45, 2.75) is 84.8 Å². The lowest BCUT2D eigenvalue weighted by Gasteiger charge is -2.12. The molecule has 0 rings (SSSR count). The summed E-state index contributed by atoms with van der Waals surface area (Å²) >= 11 is 0. The molecule has 0 aromatic heterocycles. The Kier molecular flexibility index (Phi) is 12.4. The van der Waals surface area contributed by atoms with E-state index >= 15 is 0 Å². The first kappa shape index (κ1) is 23.1. The van der Waals surface area contributed by atoms with E-state index in [4.69, 9.17) is 14.2 Å². The summed E-state index contributed by atoms with van der Waals surface area (Å²) in [7, 11) is 0. The average Bonchev–Trinajstić information content (AvgIpc) is 2.55. The molecule has 0 N–H and O–H groups in total. The van der Waals surface area contributed by atoms with Crippen LogP contribution in [0.1, 0.15) is 72.6 Å². The molecule has 144 valence electrons. The van der Waals surface area contributed by atoms with Crippen LogP contribution in [-0.4, -0.2) is 42.5 Å². The first-order valence-electron chi connectivity index (χ1n) is 8.84. The highest BCUT2D eigenvalue weighted by Crippen LogP contribution is 2.09. The second-order valence-electron chi connectivity index (χ2n) is 5.96. The van der Waals surface area contributed by atoms with E-state index in [1.807, 2.05) is 6.92 Å². The molecule has 0 spiro atoms. The first-order valence-corrected chi connectivity index (χ1v) is 8.84. The Hall–Kier alpha value is -1.92. The lowest BCUT2D eigenvalue weighted by atomic mass is 10.1. The minimum absolute atomic E-state index is 0.181. The first-order chi connectivity index (χ1) is 11.8. The fourth-order valence-electron chi connectivity index (χ4n) is 1.86. The average molecular weight is 358 g/mol. The van der Waals surface area contributed by atoms with E-state index in [-0.39, 0.29) is 24.6 Å². The van der Waals surface area contributed by atoms with Crippen LogP contribution in [0.5, 0.6) is 0 Å². The topological polar surface area (TPSA) is 96.0 Å². The molecule has 0 amide bonds. The Morgan fingerprint density at radius 3 is 1.72 bits per heavy atom. The van der Waals surface area contributed by atoms with Crippen LogP contribution < -0.4 is 0 Å². The number of hydrogen-bond donors (Lipinski definition) is 0. The molecule has 7 heteroatoms. The minimum atomic E-state index is -0.892. The van der Waals surface area contributed by atoms with E-state index < -0.39 is 24.1 Å². The molecule has 25 heavy (non-hydrogen) atoms. The molecule has 0 aliphatic rings. The van der Waals surface area contributed by atoms with E-state index in [9.17, 15) is 19.2 Å². The van der Waals surface area contributed by atoms with Crippen LogP contribution in [0, 0.1) is 0 Å². The largest absolute Gasteiger partial charge is 0.463 e. The Bertz CT molecular complexity index is 445. The Labute approximate surface area is 149 Å². The maximum atomic E-state index is 11.6. The molecule has 0 bridgehead atoms. The van der Waals surface area contributed by atoms with E-state index in [1.165, 1.54) is 13.8 Å². The number of ketones is 1. The van der Waals surface area contributed by atoms with Crippen molar-refractivity contribution >= 4 is 23.7 Å². The van der Waals surface area contributed by atoms with Gasteiger partial charge < -0.3 is 14.2 Å². The van der Waals surface area contributed by atoms with Gasteiger partial charge in [-0.25, -0.2) is 4.79 Å². The second-order valence-corrected chi connectivity index (χ2v) is 5.96. The molecule has 2 unspecified atom stereocenters. The summed E-state index contributed by atoms with van der Waals surface area (Å²) in [5.41, 5.74) is 0. The number of esters is 3. The van der Waals surface area contributed by atoms with Crippen LogP contribution in [0.25, 0.3) is 0 Å². The van der Waals surface area contributed by atoms with Crippen molar-refractivity contribution in [3.63, 3.8) is 0 Å². The van der Waals surface area contributed by atoms with Gasteiger partial charge in [-0.05, 0) is 40.0 Å². The summed E-state index contributed by atoms with van der Waals surface area (Å²) in [4.78, 5) is 45.5. The van der Waals surface area contributed by atoms with Crippen LogP contribution in [0.15, 0.2) is 0 Å². The van der Waals surface area contributed by atoms with Crippen LogP contribution in [0.2, 0.25) is 0 Å². The van der Waals surface area contributed by atoms with Crippen molar-refractivity contribution in [3.05, 3.63) is 0 Å². The summed E-state index contributed by atoms with van der Waals surface area (Å²) in [5, 5.41) is 0. The van der Waals surface area contributed by atoms with Crippen molar-refractivity contribution in [1.82, 2.24) is 0 Å². The van der Waals surface area contributed by atoms with Gasteiger partial charge in [0.05, 0.1) is 6.61 Å². The minimum Gasteiger partial charge on any atom is -0.463 e. The van der Waals surface area contributed by atoms with Gasteiger partial charge >= 0.3 is 17.9 Å². The maximum Gasteiger partial charge on any atom is 0.347 e. The summed E-state index contributed by atoms with van der Waals surface area (Å²) in [5.74, 6) is -1.54. The molecule has 0 aromatic rings. The highest BCUT2D eigenvalue weighted by Gasteiger charge is 2.18. The SMILES string of the molecule is CCCOC(=O)C(C)OC(=O)CCCCCCC(=O)OC(C)C(C)=O. The number of carbonyl (C=O) groups excluding carboxylic acids is 4. The third-order valence-corrected chi connectivity index (χ3v) is 3.48. The number of carbonyl (C=O) groups is 4. The molecule has 2 atom stereocenters. The third-order valence-electron chi connectivity index (χ3n) is 3.48. The predicted octanol–water partition coefficient (Wildman–Crippen LogP) is 2.73. The fraction of sp³-hybridized carbons (Fsp3) is 0.778. The molecule has 0 fully saturated rings. The van der Waals surface area contributed by atoms with E-state index in [0.29, 0.717) is 25.9 Å². The van der Waals surface area contributed by atoms with Crippen molar-refractivity contribution in [2.75, 3.05) is 6.61 Å². The quantitative estimate of drug-likeness (QED) is 0.284. The van der Waals surface area contributed by atoms with Crippen LogP contribution in [-0.2, 0) is 33.4 Å². The molecule has 0 aromatic carbocycles. The van der Waals surface area contributed by atoms with E-state index in [0.717, 1.165) is 12.8 Å². The number of rotatable bonds is 13. The third kappa shape index (κ3) is 12.1. The predicted molar refractivity (Wildman–Crippen MR) is 90.7 cm³/mol.